The number of esters is 2. The number of rotatable bonds is 13. The summed E-state index contributed by atoms with van der Waals surface area (Å²) >= 11 is -0.336. The van der Waals surface area contributed by atoms with Crippen molar-refractivity contribution in [2.45, 2.75) is 75.3 Å². The van der Waals surface area contributed by atoms with Crippen molar-refractivity contribution in [3.63, 3.8) is 0 Å². The Morgan fingerprint density at radius 2 is 1.39 bits per heavy atom. The number of carbonyl (C=O) groups is 3. The molecule has 2 aliphatic heterocycles. The van der Waals surface area contributed by atoms with Gasteiger partial charge in [0.1, 0.15) is 0 Å². The average molecular weight is 757 g/mol. The van der Waals surface area contributed by atoms with E-state index in [4.69, 9.17) is 23.7 Å². The van der Waals surface area contributed by atoms with Crippen LogP contribution in [0, 0.1) is 5.92 Å². The summed E-state index contributed by atoms with van der Waals surface area (Å²) in [5.74, 6) is -2.47. The molecule has 9 nitrogen and oxygen atoms in total. The normalized spacial score (nSPS) is 22.7. The van der Waals surface area contributed by atoms with E-state index in [-0.39, 0.29) is 46.5 Å². The maximum absolute atomic E-state index is 15.1. The van der Waals surface area contributed by atoms with E-state index in [9.17, 15) is 4.79 Å². The standard InChI is InChI=1S/C41H43NO8Se/c1-39(2,3)50-38(45)41(37(44)48-27-31-16-10-6-11-17-31)40(28-51-33-18-12-7-13-19-33)34(24-35(49-40)47-26-30-14-8-5-9-15-30)36(43)42(41)25-29-20-22-32(46-4)23-21-29/h5-23,34-35H,24-28H2,1-4H3/t34-,35?,40-,41-/m0/s1. The van der Waals surface area contributed by atoms with Crippen LogP contribution in [0.4, 0.5) is 0 Å². The molecule has 0 bridgehead atoms. The summed E-state index contributed by atoms with van der Waals surface area (Å²) in [6.07, 6.45) is -0.732. The molecule has 10 heteroatoms. The van der Waals surface area contributed by atoms with Crippen molar-refractivity contribution in [2.75, 3.05) is 7.11 Å². The third kappa shape index (κ3) is 7.60. The van der Waals surface area contributed by atoms with Gasteiger partial charge >= 0.3 is 306 Å². The Morgan fingerprint density at radius 1 is 0.804 bits per heavy atom. The van der Waals surface area contributed by atoms with Crippen LogP contribution in [0.5, 0.6) is 5.75 Å². The van der Waals surface area contributed by atoms with Gasteiger partial charge in [-0.2, -0.15) is 0 Å². The molecule has 2 fully saturated rings. The Morgan fingerprint density at radius 3 is 1.98 bits per heavy atom. The van der Waals surface area contributed by atoms with Crippen LogP contribution in [0.1, 0.15) is 43.9 Å². The quantitative estimate of drug-likeness (QED) is 0.0985. The number of fused-ring (bicyclic) bond motifs is 1. The molecule has 2 aliphatic rings. The summed E-state index contributed by atoms with van der Waals surface area (Å²) in [6, 6.07) is 35.9. The summed E-state index contributed by atoms with van der Waals surface area (Å²) in [4.78, 5) is 46.5. The average Bonchev–Trinajstić information content (AvgIpc) is 3.60. The van der Waals surface area contributed by atoms with Gasteiger partial charge in [-0.25, -0.2) is 0 Å². The first-order valence-electron chi connectivity index (χ1n) is 17.0. The fourth-order valence-corrected chi connectivity index (χ4v) is 9.25. The molecule has 0 radical (unpaired) electrons. The first-order valence-corrected chi connectivity index (χ1v) is 19.0. The summed E-state index contributed by atoms with van der Waals surface area (Å²) < 4.78 is 31.8. The van der Waals surface area contributed by atoms with Crippen LogP contribution in [0.15, 0.2) is 115 Å². The summed E-state index contributed by atoms with van der Waals surface area (Å²) in [6.45, 7) is 5.23. The SMILES string of the molecule is COc1ccc(CN2C(=O)[C@@H]3CC(OCc4ccccc4)O[C@]3(C[Se]c3ccccc3)[C@]2(C(=O)OCc2ccccc2)C(=O)OC(C)(C)C)cc1. The van der Waals surface area contributed by atoms with Crippen LogP contribution >= 0.6 is 0 Å². The van der Waals surface area contributed by atoms with Crippen LogP contribution < -0.4 is 9.20 Å². The number of carbonyl (C=O) groups excluding carboxylic acids is 3. The molecule has 0 N–H and O–H groups in total. The molecule has 4 aromatic rings. The maximum atomic E-state index is 15.1. The minimum absolute atomic E-state index is 0.0714. The van der Waals surface area contributed by atoms with Gasteiger partial charge in [-0.05, 0) is 0 Å². The fourth-order valence-electron chi connectivity index (χ4n) is 6.72. The molecule has 2 heterocycles. The Hall–Kier alpha value is -4.47. The van der Waals surface area contributed by atoms with Crippen LogP contribution in [-0.4, -0.2) is 67.8 Å². The number of amides is 1. The van der Waals surface area contributed by atoms with Crippen molar-refractivity contribution in [3.05, 3.63) is 132 Å². The van der Waals surface area contributed by atoms with Crippen LogP contribution in [0.2, 0.25) is 5.32 Å². The fraction of sp³-hybridized carbons (Fsp3) is 0.341. The topological polar surface area (TPSA) is 101 Å². The summed E-state index contributed by atoms with van der Waals surface area (Å²) in [5.41, 5.74) is -2.65. The number of benzene rings is 4. The second kappa shape index (κ2) is 15.4. The number of ether oxygens (including phenoxy) is 5. The zero-order valence-corrected chi connectivity index (χ0v) is 31.0. The summed E-state index contributed by atoms with van der Waals surface area (Å²) in [7, 11) is 1.57. The molecule has 0 aromatic heterocycles. The van der Waals surface area contributed by atoms with Gasteiger partial charge in [0, 0.05) is 0 Å². The molecular weight excluding hydrogens is 713 g/mol. The molecule has 51 heavy (non-hydrogen) atoms. The van der Waals surface area contributed by atoms with Crippen molar-refractivity contribution in [2.24, 2.45) is 5.92 Å². The molecule has 2 saturated heterocycles. The summed E-state index contributed by atoms with van der Waals surface area (Å²) in [5, 5.41) is 0.199. The van der Waals surface area contributed by atoms with E-state index in [0.29, 0.717) is 11.3 Å². The molecule has 6 rings (SSSR count). The van der Waals surface area contributed by atoms with Crippen molar-refractivity contribution < 1.29 is 38.1 Å². The number of hydrogen-bond acceptors (Lipinski definition) is 8. The van der Waals surface area contributed by atoms with Gasteiger partial charge in [-0.1, -0.05) is 0 Å². The number of nitrogens with zero attached hydrogens (tertiary/aromatic N) is 1. The van der Waals surface area contributed by atoms with E-state index >= 15 is 9.59 Å². The molecule has 0 aliphatic carbocycles. The van der Waals surface area contributed by atoms with Crippen molar-refractivity contribution in [3.8, 4) is 5.75 Å². The van der Waals surface area contributed by atoms with Gasteiger partial charge < -0.3 is 0 Å². The van der Waals surface area contributed by atoms with E-state index < -0.39 is 46.8 Å². The first kappa shape index (κ1) is 36.3. The molecule has 0 spiro atoms. The van der Waals surface area contributed by atoms with Crippen molar-refractivity contribution in [1.29, 1.82) is 0 Å². The number of methoxy groups -OCH3 is 1. The Bertz CT molecular complexity index is 1800. The predicted molar refractivity (Wildman–Crippen MR) is 192 cm³/mol. The second-order valence-electron chi connectivity index (χ2n) is 13.7. The minimum atomic E-state index is -2.31. The van der Waals surface area contributed by atoms with Gasteiger partial charge in [0.2, 0.25) is 0 Å². The van der Waals surface area contributed by atoms with Crippen molar-refractivity contribution >= 4 is 37.3 Å². The van der Waals surface area contributed by atoms with E-state index in [2.05, 4.69) is 0 Å². The van der Waals surface area contributed by atoms with Crippen LogP contribution in [0.25, 0.3) is 0 Å². The monoisotopic (exact) mass is 757 g/mol. The molecule has 4 atom stereocenters. The molecule has 0 saturated carbocycles. The zero-order chi connectivity index (χ0) is 36.1. The molecular formula is C41H43NO8Se. The molecule has 266 valence electrons. The van der Waals surface area contributed by atoms with E-state index in [1.54, 1.807) is 40.0 Å². The number of likely N-dealkylation sites (tertiary alicyclic amines) is 1. The first-order chi connectivity index (χ1) is 24.6. The molecule has 4 aromatic carbocycles. The van der Waals surface area contributed by atoms with Gasteiger partial charge in [0.05, 0.1) is 0 Å². The third-order valence-electron chi connectivity index (χ3n) is 9.09. The van der Waals surface area contributed by atoms with Crippen molar-refractivity contribution in [1.82, 2.24) is 4.90 Å². The molecule has 1 unspecified atom stereocenters. The van der Waals surface area contributed by atoms with E-state index in [1.165, 1.54) is 4.90 Å². The van der Waals surface area contributed by atoms with Gasteiger partial charge in [-0.15, -0.1) is 0 Å². The zero-order valence-electron chi connectivity index (χ0n) is 29.3. The van der Waals surface area contributed by atoms with Gasteiger partial charge in [0.15, 0.2) is 0 Å². The van der Waals surface area contributed by atoms with Gasteiger partial charge in [0.25, 0.3) is 0 Å². The second-order valence-corrected chi connectivity index (χ2v) is 15.9. The van der Waals surface area contributed by atoms with E-state index in [0.717, 1.165) is 15.6 Å². The Balaban J connectivity index is 1.49. The van der Waals surface area contributed by atoms with Crippen LogP contribution in [0.3, 0.4) is 0 Å². The Labute approximate surface area is 305 Å². The Kier molecular flexibility index (Phi) is 11.0. The number of hydrogen-bond donors (Lipinski definition) is 0. The van der Waals surface area contributed by atoms with Gasteiger partial charge in [-0.3, -0.25) is 0 Å². The van der Waals surface area contributed by atoms with E-state index in [1.807, 2.05) is 103 Å². The predicted octanol–water partition coefficient (Wildman–Crippen LogP) is 5.63. The molecule has 1 amide bonds. The van der Waals surface area contributed by atoms with Crippen LogP contribution in [-0.2, 0) is 53.1 Å². The third-order valence-corrected chi connectivity index (χ3v) is 11.6.